The molecule has 0 aliphatic carbocycles. The Hall–Kier alpha value is -3.55. The van der Waals surface area contributed by atoms with Crippen LogP contribution in [0.5, 0.6) is 11.5 Å². The Bertz CT molecular complexity index is 1350. The number of aromatic amines is 1. The van der Waals surface area contributed by atoms with Gasteiger partial charge in [-0.15, -0.1) is 0 Å². The van der Waals surface area contributed by atoms with E-state index in [1.807, 2.05) is 18.2 Å². The molecule has 0 amide bonds. The minimum absolute atomic E-state index is 0.239. The lowest BCUT2D eigenvalue weighted by molar-refractivity contribution is 0.284. The van der Waals surface area contributed by atoms with Crippen molar-refractivity contribution in [3.8, 4) is 11.5 Å². The zero-order valence-corrected chi connectivity index (χ0v) is 18.4. The molecular weight excluding hydrogens is 451 g/mol. The molecule has 4 aromatic rings. The Morgan fingerprint density at radius 2 is 1.94 bits per heavy atom. The second-order valence-electron chi connectivity index (χ2n) is 6.74. The van der Waals surface area contributed by atoms with E-state index in [0.29, 0.717) is 32.4 Å². The number of benzene rings is 3. The molecule has 0 atom stereocenters. The fraction of sp³-hybridized carbons (Fsp3) is 0.0870. The highest BCUT2D eigenvalue weighted by Gasteiger charge is 2.08. The van der Waals surface area contributed by atoms with Gasteiger partial charge in [0.2, 0.25) is 5.95 Å². The first kappa shape index (κ1) is 21.7. The molecule has 0 saturated heterocycles. The van der Waals surface area contributed by atoms with Gasteiger partial charge < -0.3 is 9.47 Å². The van der Waals surface area contributed by atoms with Crippen molar-refractivity contribution in [2.45, 2.75) is 6.61 Å². The largest absolute Gasteiger partial charge is 0.493 e. The second-order valence-corrected chi connectivity index (χ2v) is 7.58. The zero-order chi connectivity index (χ0) is 22.5. The summed E-state index contributed by atoms with van der Waals surface area (Å²) in [6.07, 6.45) is 1.58. The Labute approximate surface area is 193 Å². The molecule has 0 spiro atoms. The van der Waals surface area contributed by atoms with Gasteiger partial charge in [0.15, 0.2) is 11.5 Å². The predicted molar refractivity (Wildman–Crippen MR) is 127 cm³/mol. The lowest BCUT2D eigenvalue weighted by Gasteiger charge is -2.12. The van der Waals surface area contributed by atoms with Crippen LogP contribution < -0.4 is 20.5 Å². The van der Waals surface area contributed by atoms with E-state index in [-0.39, 0.29) is 18.1 Å². The van der Waals surface area contributed by atoms with Gasteiger partial charge in [-0.1, -0.05) is 41.4 Å². The number of anilines is 1. The molecule has 32 heavy (non-hydrogen) atoms. The summed E-state index contributed by atoms with van der Waals surface area (Å²) in [5, 5.41) is 5.76. The van der Waals surface area contributed by atoms with Crippen molar-refractivity contribution >= 4 is 46.3 Å². The Balaban J connectivity index is 1.45. The van der Waals surface area contributed by atoms with E-state index in [9.17, 15) is 4.79 Å². The van der Waals surface area contributed by atoms with E-state index < -0.39 is 0 Å². The second kappa shape index (κ2) is 9.72. The first-order chi connectivity index (χ1) is 15.5. The van der Waals surface area contributed by atoms with Crippen LogP contribution in [0.25, 0.3) is 10.9 Å². The summed E-state index contributed by atoms with van der Waals surface area (Å²) in [7, 11) is 1.56. The monoisotopic (exact) mass is 468 g/mol. The third-order valence-corrected chi connectivity index (χ3v) is 5.17. The third kappa shape index (κ3) is 5.01. The van der Waals surface area contributed by atoms with Crippen LogP contribution in [0.1, 0.15) is 11.1 Å². The maximum Gasteiger partial charge on any atom is 0.260 e. The first-order valence-corrected chi connectivity index (χ1v) is 10.3. The minimum Gasteiger partial charge on any atom is -0.493 e. The molecule has 9 heteroatoms. The Morgan fingerprint density at radius 1 is 1.09 bits per heavy atom. The topological polar surface area (TPSA) is 88.6 Å². The quantitative estimate of drug-likeness (QED) is 0.285. The van der Waals surface area contributed by atoms with E-state index >= 15 is 0 Å². The number of fused-ring (bicyclic) bond motifs is 1. The van der Waals surface area contributed by atoms with Crippen LogP contribution >= 0.6 is 23.2 Å². The fourth-order valence-corrected chi connectivity index (χ4v) is 3.45. The number of halogens is 2. The molecule has 0 aliphatic rings. The average Bonchev–Trinajstić information content (AvgIpc) is 2.79. The SMILES string of the molecule is COc1cc(/C=N/Nc2nc3ccccc3c(=O)[nH]2)ccc1OCc1ccc(Cl)cc1Cl. The lowest BCUT2D eigenvalue weighted by Crippen LogP contribution is -2.10. The van der Waals surface area contributed by atoms with Gasteiger partial charge in [0, 0.05) is 15.6 Å². The van der Waals surface area contributed by atoms with Crippen LogP contribution in [0, 0.1) is 0 Å². The minimum atomic E-state index is -0.239. The molecule has 4 rings (SSSR count). The van der Waals surface area contributed by atoms with Crippen molar-refractivity contribution in [3.05, 3.63) is 92.2 Å². The van der Waals surface area contributed by atoms with E-state index in [0.717, 1.165) is 11.1 Å². The number of nitrogens with zero attached hydrogens (tertiary/aromatic N) is 2. The predicted octanol–water partition coefficient (Wildman–Crippen LogP) is 5.26. The number of nitrogens with one attached hydrogen (secondary N) is 2. The molecule has 2 N–H and O–H groups in total. The number of aromatic nitrogens is 2. The molecule has 0 radical (unpaired) electrons. The zero-order valence-electron chi connectivity index (χ0n) is 16.9. The molecule has 7 nitrogen and oxygen atoms in total. The summed E-state index contributed by atoms with van der Waals surface area (Å²) < 4.78 is 11.3. The molecule has 0 bridgehead atoms. The van der Waals surface area contributed by atoms with Gasteiger partial charge in [-0.2, -0.15) is 5.10 Å². The van der Waals surface area contributed by atoms with Crippen LogP contribution in [0.2, 0.25) is 10.0 Å². The van der Waals surface area contributed by atoms with Crippen molar-refractivity contribution in [2.24, 2.45) is 5.10 Å². The molecule has 1 aromatic heterocycles. The lowest BCUT2D eigenvalue weighted by atomic mass is 10.2. The number of hydrogen-bond acceptors (Lipinski definition) is 6. The number of para-hydroxylation sites is 1. The number of rotatable bonds is 7. The van der Waals surface area contributed by atoms with Crippen LogP contribution in [0.15, 0.2) is 70.6 Å². The van der Waals surface area contributed by atoms with Gasteiger partial charge in [-0.05, 0) is 48.0 Å². The van der Waals surface area contributed by atoms with E-state index in [1.54, 1.807) is 55.8 Å². The van der Waals surface area contributed by atoms with Crippen LogP contribution in [-0.4, -0.2) is 23.3 Å². The smallest absolute Gasteiger partial charge is 0.260 e. The van der Waals surface area contributed by atoms with Crippen LogP contribution in [0.4, 0.5) is 5.95 Å². The van der Waals surface area contributed by atoms with Gasteiger partial charge in [-0.25, -0.2) is 10.4 Å². The van der Waals surface area contributed by atoms with Crippen LogP contribution in [-0.2, 0) is 6.61 Å². The number of hydrazone groups is 1. The fourth-order valence-electron chi connectivity index (χ4n) is 2.99. The standard InChI is InChI=1S/C23H18Cl2N4O3/c1-31-21-10-14(6-9-20(21)32-13-15-7-8-16(24)11-18(15)25)12-26-29-23-27-19-5-3-2-4-17(19)22(30)28-23/h2-12H,13H2,1H3,(H2,27,28,29,30)/b26-12+. The van der Waals surface area contributed by atoms with Crippen molar-refractivity contribution in [3.63, 3.8) is 0 Å². The summed E-state index contributed by atoms with van der Waals surface area (Å²) in [5.41, 5.74) is 4.65. The molecule has 3 aromatic carbocycles. The van der Waals surface area contributed by atoms with E-state index in [4.69, 9.17) is 32.7 Å². The number of methoxy groups -OCH3 is 1. The Morgan fingerprint density at radius 3 is 2.75 bits per heavy atom. The third-order valence-electron chi connectivity index (χ3n) is 4.58. The van der Waals surface area contributed by atoms with Crippen LogP contribution in [0.3, 0.4) is 0 Å². The summed E-state index contributed by atoms with van der Waals surface area (Å²) in [5.74, 6) is 1.34. The van der Waals surface area contributed by atoms with E-state index in [2.05, 4.69) is 20.5 Å². The molecule has 0 unspecified atom stereocenters. The molecule has 162 valence electrons. The normalized spacial score (nSPS) is 11.1. The van der Waals surface area contributed by atoms with Gasteiger partial charge in [-0.3, -0.25) is 9.78 Å². The number of H-pyrrole nitrogens is 1. The van der Waals surface area contributed by atoms with Crippen molar-refractivity contribution in [1.29, 1.82) is 0 Å². The van der Waals surface area contributed by atoms with Gasteiger partial charge in [0.25, 0.3) is 5.56 Å². The highest BCUT2D eigenvalue weighted by atomic mass is 35.5. The highest BCUT2D eigenvalue weighted by Crippen LogP contribution is 2.29. The van der Waals surface area contributed by atoms with Gasteiger partial charge in [0.1, 0.15) is 6.61 Å². The molecule has 1 heterocycles. The molecule has 0 aliphatic heterocycles. The molecule has 0 saturated carbocycles. The molecule has 0 fully saturated rings. The Kier molecular flexibility index (Phi) is 6.58. The first-order valence-electron chi connectivity index (χ1n) is 9.56. The maximum absolute atomic E-state index is 12.1. The number of hydrogen-bond donors (Lipinski definition) is 2. The average molecular weight is 469 g/mol. The number of ether oxygens (including phenoxy) is 2. The summed E-state index contributed by atoms with van der Waals surface area (Å²) in [6.45, 7) is 0.266. The van der Waals surface area contributed by atoms with Gasteiger partial charge >= 0.3 is 0 Å². The highest BCUT2D eigenvalue weighted by molar-refractivity contribution is 6.35. The van der Waals surface area contributed by atoms with Crippen molar-refractivity contribution < 1.29 is 9.47 Å². The van der Waals surface area contributed by atoms with Crippen molar-refractivity contribution in [1.82, 2.24) is 9.97 Å². The summed E-state index contributed by atoms with van der Waals surface area (Å²) in [4.78, 5) is 19.1. The van der Waals surface area contributed by atoms with Crippen molar-refractivity contribution in [2.75, 3.05) is 12.5 Å². The summed E-state index contributed by atoms with van der Waals surface area (Å²) >= 11 is 12.1. The van der Waals surface area contributed by atoms with Gasteiger partial charge in [0.05, 0.1) is 24.2 Å². The molecular formula is C23H18Cl2N4O3. The van der Waals surface area contributed by atoms with E-state index in [1.165, 1.54) is 0 Å². The summed E-state index contributed by atoms with van der Waals surface area (Å²) in [6, 6.07) is 17.7. The maximum atomic E-state index is 12.1.